The van der Waals surface area contributed by atoms with E-state index in [1.807, 2.05) is 19.1 Å². The zero-order valence-corrected chi connectivity index (χ0v) is 15.5. The lowest BCUT2D eigenvalue weighted by Gasteiger charge is -2.12. The second-order valence-corrected chi connectivity index (χ2v) is 6.73. The van der Waals surface area contributed by atoms with E-state index in [0.717, 1.165) is 5.56 Å². The van der Waals surface area contributed by atoms with Crippen molar-refractivity contribution in [1.82, 2.24) is 0 Å². The lowest BCUT2D eigenvalue weighted by atomic mass is 10.0. The summed E-state index contributed by atoms with van der Waals surface area (Å²) in [7, 11) is -4.63. The van der Waals surface area contributed by atoms with Gasteiger partial charge < -0.3 is 8.92 Å². The van der Waals surface area contributed by atoms with Gasteiger partial charge in [-0.3, -0.25) is 9.87 Å². The number of nitrogens with one attached hydrogen (secondary N) is 1. The summed E-state index contributed by atoms with van der Waals surface area (Å²) in [5, 5.41) is 2.61. The molecule has 2 rings (SSSR count). The van der Waals surface area contributed by atoms with Crippen LogP contribution < -0.4 is 9.50 Å². The third-order valence-electron chi connectivity index (χ3n) is 3.57. The Morgan fingerprint density at radius 3 is 2.52 bits per heavy atom. The van der Waals surface area contributed by atoms with Gasteiger partial charge in [0.25, 0.3) is 0 Å². The van der Waals surface area contributed by atoms with Gasteiger partial charge in [0.1, 0.15) is 12.4 Å². The van der Waals surface area contributed by atoms with Gasteiger partial charge in [0, 0.05) is 12.1 Å². The molecule has 27 heavy (non-hydrogen) atoms. The average molecular weight is 389 g/mol. The summed E-state index contributed by atoms with van der Waals surface area (Å²) in [4.78, 5) is 11.9. The summed E-state index contributed by atoms with van der Waals surface area (Å²) < 4.78 is 40.1. The number of carbonyl (C=O) groups excluding carboxylic acids is 1. The van der Waals surface area contributed by atoms with Gasteiger partial charge in [-0.25, -0.2) is 4.79 Å². The number of carbonyl (C=O) groups is 1. The molecule has 0 radical (unpaired) electrons. The number of rotatable bonds is 7. The molecule has 0 unspecified atom stereocenters. The van der Waals surface area contributed by atoms with Crippen molar-refractivity contribution < 1.29 is 26.7 Å². The van der Waals surface area contributed by atoms with Crippen LogP contribution in [0.1, 0.15) is 23.1 Å². The summed E-state index contributed by atoms with van der Waals surface area (Å²) >= 11 is 0. The van der Waals surface area contributed by atoms with E-state index in [2.05, 4.69) is 15.4 Å². The van der Waals surface area contributed by atoms with Crippen molar-refractivity contribution in [3.8, 4) is 18.1 Å². The number of hydrogen-bond donors (Lipinski definition) is 2. The van der Waals surface area contributed by atoms with E-state index in [-0.39, 0.29) is 12.4 Å². The zero-order valence-electron chi connectivity index (χ0n) is 14.6. The maximum atomic E-state index is 11.9. The molecule has 0 saturated carbocycles. The molecule has 0 aromatic heterocycles. The number of terminal acetylenes is 1. The van der Waals surface area contributed by atoms with Crippen LogP contribution in [-0.2, 0) is 28.2 Å². The summed E-state index contributed by atoms with van der Waals surface area (Å²) in [5.74, 6) is 2.43. The number of benzene rings is 2. The first-order chi connectivity index (χ1) is 12.8. The van der Waals surface area contributed by atoms with Crippen molar-refractivity contribution in [2.24, 2.45) is 0 Å². The second-order valence-electron chi connectivity index (χ2n) is 5.71. The third kappa shape index (κ3) is 7.01. The second kappa shape index (κ2) is 9.07. The third-order valence-corrected chi connectivity index (χ3v) is 3.98. The smallest absolute Gasteiger partial charge is 0.444 e. The Morgan fingerprint density at radius 1 is 1.19 bits per heavy atom. The number of ether oxygens (including phenoxy) is 1. The first kappa shape index (κ1) is 20.3. The molecule has 0 spiro atoms. The highest BCUT2D eigenvalue weighted by Crippen LogP contribution is 2.21. The maximum Gasteiger partial charge on any atom is 0.446 e. The number of anilines is 1. The Morgan fingerprint density at radius 2 is 1.89 bits per heavy atom. The molecule has 2 aromatic rings. The largest absolute Gasteiger partial charge is 0.446 e. The van der Waals surface area contributed by atoms with E-state index >= 15 is 0 Å². The van der Waals surface area contributed by atoms with Gasteiger partial charge >= 0.3 is 16.5 Å². The van der Waals surface area contributed by atoms with Gasteiger partial charge in [-0.15, -0.1) is 12.3 Å². The highest BCUT2D eigenvalue weighted by atomic mass is 32.3. The molecule has 2 aromatic carbocycles. The van der Waals surface area contributed by atoms with E-state index in [9.17, 15) is 13.2 Å². The van der Waals surface area contributed by atoms with Crippen molar-refractivity contribution in [2.45, 2.75) is 26.4 Å². The summed E-state index contributed by atoms with van der Waals surface area (Å²) in [5.41, 5.74) is 2.97. The SMILES string of the molecule is C#CCCc1cc(OS(=O)(=O)O)ccc1COC(=O)Nc1ccc(C)cc1. The normalized spacial score (nSPS) is 10.7. The van der Waals surface area contributed by atoms with Crippen LogP contribution >= 0.6 is 0 Å². The minimum atomic E-state index is -4.63. The van der Waals surface area contributed by atoms with E-state index in [1.54, 1.807) is 18.2 Å². The van der Waals surface area contributed by atoms with Gasteiger partial charge in [0.15, 0.2) is 0 Å². The van der Waals surface area contributed by atoms with Crippen molar-refractivity contribution in [3.63, 3.8) is 0 Å². The lowest BCUT2D eigenvalue weighted by molar-refractivity contribution is 0.155. The monoisotopic (exact) mass is 389 g/mol. The van der Waals surface area contributed by atoms with E-state index in [0.29, 0.717) is 29.7 Å². The van der Waals surface area contributed by atoms with E-state index < -0.39 is 16.5 Å². The summed E-state index contributed by atoms with van der Waals surface area (Å²) in [6, 6.07) is 11.6. The zero-order chi connectivity index (χ0) is 19.9. The van der Waals surface area contributed by atoms with Crippen LogP contribution in [0.2, 0.25) is 0 Å². The molecule has 1 amide bonds. The Kier molecular flexibility index (Phi) is 6.82. The van der Waals surface area contributed by atoms with Crippen LogP contribution in [0.5, 0.6) is 5.75 Å². The molecule has 0 fully saturated rings. The molecule has 142 valence electrons. The quantitative estimate of drug-likeness (QED) is 0.555. The fourth-order valence-electron chi connectivity index (χ4n) is 2.29. The van der Waals surface area contributed by atoms with Crippen LogP contribution in [0.25, 0.3) is 0 Å². The maximum absolute atomic E-state index is 11.9. The Labute approximate surface area is 158 Å². The van der Waals surface area contributed by atoms with Crippen molar-refractivity contribution >= 4 is 22.2 Å². The van der Waals surface area contributed by atoms with Crippen molar-refractivity contribution in [1.29, 1.82) is 0 Å². The molecule has 7 nitrogen and oxygen atoms in total. The minimum Gasteiger partial charge on any atom is -0.444 e. The molecule has 8 heteroatoms. The minimum absolute atomic E-state index is 0.0379. The molecule has 0 saturated heterocycles. The average Bonchev–Trinajstić information content (AvgIpc) is 2.59. The van der Waals surface area contributed by atoms with E-state index in [1.165, 1.54) is 12.1 Å². The van der Waals surface area contributed by atoms with Gasteiger partial charge in [-0.05, 0) is 48.7 Å². The van der Waals surface area contributed by atoms with Gasteiger partial charge in [0.2, 0.25) is 0 Å². The van der Waals surface area contributed by atoms with Crippen molar-refractivity contribution in [3.05, 3.63) is 59.2 Å². The van der Waals surface area contributed by atoms with Crippen LogP contribution in [0, 0.1) is 19.3 Å². The Balaban J connectivity index is 2.06. The first-order valence-corrected chi connectivity index (χ1v) is 9.36. The predicted octanol–water partition coefficient (Wildman–Crippen LogP) is 3.49. The van der Waals surface area contributed by atoms with Crippen LogP contribution in [-0.4, -0.2) is 19.1 Å². The molecule has 0 heterocycles. The highest BCUT2D eigenvalue weighted by molar-refractivity contribution is 7.81. The fourth-order valence-corrected chi connectivity index (χ4v) is 2.64. The van der Waals surface area contributed by atoms with Crippen molar-refractivity contribution in [2.75, 3.05) is 5.32 Å². The molecule has 2 N–H and O–H groups in total. The topological polar surface area (TPSA) is 102 Å². The van der Waals surface area contributed by atoms with E-state index in [4.69, 9.17) is 15.7 Å². The lowest BCUT2D eigenvalue weighted by Crippen LogP contribution is -2.14. The molecule has 0 aliphatic carbocycles. The van der Waals surface area contributed by atoms with Gasteiger partial charge in [-0.2, -0.15) is 8.42 Å². The summed E-state index contributed by atoms with van der Waals surface area (Å²) in [6.45, 7) is 1.90. The molecular formula is C19H19NO6S. The van der Waals surface area contributed by atoms with Gasteiger partial charge in [-0.1, -0.05) is 23.8 Å². The number of hydrogen-bond acceptors (Lipinski definition) is 5. The fraction of sp³-hybridized carbons (Fsp3) is 0.211. The number of amides is 1. The standard InChI is InChI=1S/C19H19NO6S/c1-3-4-5-15-12-18(26-27(22,23)24)11-8-16(15)13-25-19(21)20-17-9-6-14(2)7-10-17/h1,6-12H,4-5,13H2,2H3,(H,20,21)(H,22,23,24). The van der Waals surface area contributed by atoms with Crippen LogP contribution in [0.4, 0.5) is 10.5 Å². The Bertz CT molecular complexity index is 945. The number of aryl methyl sites for hydroxylation is 2. The molecule has 0 aliphatic rings. The molecular weight excluding hydrogens is 370 g/mol. The summed E-state index contributed by atoms with van der Waals surface area (Å²) in [6.07, 6.45) is 5.48. The molecule has 0 bridgehead atoms. The Hall–Kier alpha value is -3.02. The van der Waals surface area contributed by atoms with Gasteiger partial charge in [0.05, 0.1) is 0 Å². The first-order valence-electron chi connectivity index (χ1n) is 7.99. The highest BCUT2D eigenvalue weighted by Gasteiger charge is 2.12. The van der Waals surface area contributed by atoms with Crippen LogP contribution in [0.15, 0.2) is 42.5 Å². The molecule has 0 aliphatic heterocycles. The molecule has 0 atom stereocenters. The predicted molar refractivity (Wildman–Crippen MR) is 101 cm³/mol. The van der Waals surface area contributed by atoms with Crippen LogP contribution in [0.3, 0.4) is 0 Å².